The fourth-order valence-corrected chi connectivity index (χ4v) is 8.27. The predicted octanol–water partition coefficient (Wildman–Crippen LogP) is 6.48. The van der Waals surface area contributed by atoms with E-state index in [-0.39, 0.29) is 12.8 Å². The maximum Gasteiger partial charge on any atom is 0.472 e. The van der Waals surface area contributed by atoms with Gasteiger partial charge in [-0.15, -0.1) is 0 Å². The molecule has 328 valence electrons. The summed E-state index contributed by atoms with van der Waals surface area (Å²) in [6.45, 7) is 3.75. The van der Waals surface area contributed by atoms with E-state index < -0.39 is 75.2 Å². The molecule has 9 N–H and O–H groups in total. The molecular formula is C41H82NO12P. The molecule has 1 aliphatic carbocycles. The Bertz CT molecular complexity index is 964. The van der Waals surface area contributed by atoms with Gasteiger partial charge in [0.15, 0.2) is 0 Å². The van der Waals surface area contributed by atoms with Gasteiger partial charge in [-0.2, -0.15) is 0 Å². The maximum atomic E-state index is 12.9. The van der Waals surface area contributed by atoms with Gasteiger partial charge in [-0.05, 0) is 12.8 Å². The number of nitrogens with one attached hydrogen (secondary N) is 1. The number of unbranched alkanes of at least 4 members (excludes halogenated alkanes) is 23. The van der Waals surface area contributed by atoms with Crippen molar-refractivity contribution in [2.24, 2.45) is 0 Å². The van der Waals surface area contributed by atoms with Crippen LogP contribution in [0.5, 0.6) is 0 Å². The summed E-state index contributed by atoms with van der Waals surface area (Å²) in [4.78, 5) is 23.3. The largest absolute Gasteiger partial charge is 0.472 e. The van der Waals surface area contributed by atoms with Crippen molar-refractivity contribution in [3.05, 3.63) is 0 Å². The Morgan fingerprint density at radius 1 is 0.564 bits per heavy atom. The highest BCUT2D eigenvalue weighted by Gasteiger charge is 2.51. The van der Waals surface area contributed by atoms with Crippen LogP contribution in [-0.2, 0) is 18.4 Å². The SMILES string of the molecule is CCCCCCCCCCCCCCCCCCC(O)CC(=O)NC(COP(=O)(O)OC1C(O)C(O)C(O)C(O)C1O)C(O)CCCCCCCCCCC. The van der Waals surface area contributed by atoms with Crippen LogP contribution in [0.3, 0.4) is 0 Å². The van der Waals surface area contributed by atoms with Gasteiger partial charge in [0, 0.05) is 0 Å². The van der Waals surface area contributed by atoms with Crippen molar-refractivity contribution >= 4 is 13.7 Å². The minimum atomic E-state index is -5.10. The first-order chi connectivity index (χ1) is 26.3. The summed E-state index contributed by atoms with van der Waals surface area (Å²) < 4.78 is 22.8. The van der Waals surface area contributed by atoms with E-state index in [4.69, 9.17) is 9.05 Å². The number of carbonyl (C=O) groups excluding carboxylic acids is 1. The molecule has 0 radical (unpaired) electrons. The number of rotatable bonds is 36. The average Bonchev–Trinajstić information content (AvgIpc) is 3.15. The molecule has 0 heterocycles. The molecule has 1 saturated carbocycles. The highest BCUT2D eigenvalue weighted by atomic mass is 31.2. The molecule has 1 aliphatic rings. The smallest absolute Gasteiger partial charge is 0.393 e. The summed E-state index contributed by atoms with van der Waals surface area (Å²) in [7, 11) is -5.10. The first-order valence-corrected chi connectivity index (χ1v) is 23.6. The summed E-state index contributed by atoms with van der Waals surface area (Å²) in [6.07, 6.45) is 16.1. The van der Waals surface area contributed by atoms with Crippen molar-refractivity contribution < 1.29 is 59.0 Å². The third-order valence-electron chi connectivity index (χ3n) is 11.0. The van der Waals surface area contributed by atoms with E-state index in [2.05, 4.69) is 19.2 Å². The fraction of sp³-hybridized carbons (Fsp3) is 0.976. The monoisotopic (exact) mass is 812 g/mol. The van der Waals surface area contributed by atoms with Crippen molar-refractivity contribution in [3.63, 3.8) is 0 Å². The molecule has 0 bridgehead atoms. The van der Waals surface area contributed by atoms with Crippen LogP contribution >= 0.6 is 7.82 Å². The van der Waals surface area contributed by atoms with Gasteiger partial charge in [0.05, 0.1) is 31.3 Å². The van der Waals surface area contributed by atoms with Gasteiger partial charge in [-0.3, -0.25) is 13.8 Å². The first kappa shape index (κ1) is 52.3. The van der Waals surface area contributed by atoms with Gasteiger partial charge in [0.25, 0.3) is 0 Å². The van der Waals surface area contributed by atoms with Crippen LogP contribution in [0.2, 0.25) is 0 Å². The van der Waals surface area contributed by atoms with Crippen molar-refractivity contribution in [1.29, 1.82) is 0 Å². The Hall–Kier alpha value is -0.700. The number of amides is 1. The standard InChI is InChI=1S/C41H82NO12P/c1-3-5-7-9-11-13-14-15-16-17-18-19-21-22-24-26-28-32(43)30-35(45)42-33(34(44)29-27-25-23-20-12-10-8-6-4-2)31-53-55(51,52)54-41-39(49)37(47)36(46)38(48)40(41)50/h32-34,36-41,43-44,46-50H,3-31H2,1-2H3,(H,42,45)(H,51,52). The van der Waals surface area contributed by atoms with Gasteiger partial charge in [-0.1, -0.05) is 174 Å². The summed E-state index contributed by atoms with van der Waals surface area (Å²) >= 11 is 0. The Morgan fingerprint density at radius 2 is 0.909 bits per heavy atom. The van der Waals surface area contributed by atoms with E-state index in [0.717, 1.165) is 51.4 Å². The van der Waals surface area contributed by atoms with Crippen LogP contribution in [0, 0.1) is 0 Å². The first-order valence-electron chi connectivity index (χ1n) is 22.1. The minimum absolute atomic E-state index is 0.216. The Balaban J connectivity index is 2.49. The lowest BCUT2D eigenvalue weighted by Gasteiger charge is -2.41. The molecule has 0 aromatic heterocycles. The van der Waals surface area contributed by atoms with E-state index in [0.29, 0.717) is 12.8 Å². The predicted molar refractivity (Wildman–Crippen MR) is 215 cm³/mol. The molecule has 8 atom stereocenters. The second kappa shape index (κ2) is 32.2. The fourth-order valence-electron chi connectivity index (χ4n) is 7.30. The van der Waals surface area contributed by atoms with E-state index in [1.165, 1.54) is 103 Å². The van der Waals surface area contributed by atoms with Crippen LogP contribution in [0.4, 0.5) is 0 Å². The molecule has 13 nitrogen and oxygen atoms in total. The molecular weight excluding hydrogens is 729 g/mol. The molecule has 0 spiro atoms. The van der Waals surface area contributed by atoms with Crippen molar-refractivity contribution in [2.75, 3.05) is 6.61 Å². The second-order valence-corrected chi connectivity index (χ2v) is 17.5. The third kappa shape index (κ3) is 24.7. The molecule has 0 saturated heterocycles. The topological polar surface area (TPSA) is 226 Å². The lowest BCUT2D eigenvalue weighted by molar-refractivity contribution is -0.220. The van der Waals surface area contributed by atoms with E-state index in [1.807, 2.05) is 0 Å². The van der Waals surface area contributed by atoms with Crippen LogP contribution < -0.4 is 5.32 Å². The molecule has 14 heteroatoms. The average molecular weight is 812 g/mol. The number of phosphoric ester groups is 1. The molecule has 8 unspecified atom stereocenters. The summed E-state index contributed by atoms with van der Waals surface area (Å²) in [5.41, 5.74) is 0. The summed E-state index contributed by atoms with van der Waals surface area (Å²) in [5, 5.41) is 74.3. The van der Waals surface area contributed by atoms with Gasteiger partial charge in [0.1, 0.15) is 36.6 Å². The van der Waals surface area contributed by atoms with Crippen LogP contribution in [-0.4, -0.2) is 108 Å². The van der Waals surface area contributed by atoms with Crippen LogP contribution in [0.1, 0.15) is 194 Å². The minimum Gasteiger partial charge on any atom is -0.393 e. The van der Waals surface area contributed by atoms with Crippen molar-refractivity contribution in [2.45, 2.75) is 249 Å². The second-order valence-electron chi connectivity index (χ2n) is 16.1. The number of phosphoric acid groups is 1. The lowest BCUT2D eigenvalue weighted by atomic mass is 9.85. The Labute approximate surface area is 332 Å². The quantitative estimate of drug-likeness (QED) is 0.0245. The lowest BCUT2D eigenvalue weighted by Crippen LogP contribution is -2.64. The zero-order valence-electron chi connectivity index (χ0n) is 34.4. The van der Waals surface area contributed by atoms with Gasteiger partial charge in [-0.25, -0.2) is 4.57 Å². The van der Waals surface area contributed by atoms with Gasteiger partial charge in [0.2, 0.25) is 5.91 Å². The number of aliphatic hydroxyl groups excluding tert-OH is 7. The Morgan fingerprint density at radius 3 is 1.31 bits per heavy atom. The summed E-state index contributed by atoms with van der Waals surface area (Å²) in [6, 6.07) is -1.15. The van der Waals surface area contributed by atoms with E-state index >= 15 is 0 Å². The molecule has 55 heavy (non-hydrogen) atoms. The highest BCUT2D eigenvalue weighted by molar-refractivity contribution is 7.47. The molecule has 0 aliphatic heterocycles. The Kier molecular flexibility index (Phi) is 30.6. The molecule has 1 fully saturated rings. The number of hydrogen-bond donors (Lipinski definition) is 9. The van der Waals surface area contributed by atoms with E-state index in [9.17, 15) is 50.0 Å². The van der Waals surface area contributed by atoms with Crippen LogP contribution in [0.25, 0.3) is 0 Å². The number of hydrogen-bond acceptors (Lipinski definition) is 11. The normalized spacial score (nSPS) is 24.3. The maximum absolute atomic E-state index is 12.9. The van der Waals surface area contributed by atoms with Crippen LogP contribution in [0.15, 0.2) is 0 Å². The van der Waals surface area contributed by atoms with Crippen molar-refractivity contribution in [1.82, 2.24) is 5.32 Å². The highest BCUT2D eigenvalue weighted by Crippen LogP contribution is 2.47. The molecule has 0 aromatic rings. The summed E-state index contributed by atoms with van der Waals surface area (Å²) in [5.74, 6) is -0.559. The van der Waals surface area contributed by atoms with Crippen molar-refractivity contribution in [3.8, 4) is 0 Å². The van der Waals surface area contributed by atoms with Gasteiger partial charge >= 0.3 is 7.82 Å². The zero-order valence-corrected chi connectivity index (χ0v) is 35.3. The van der Waals surface area contributed by atoms with Gasteiger partial charge < -0.3 is 46.0 Å². The number of carbonyl (C=O) groups is 1. The molecule has 0 aromatic carbocycles. The molecule has 1 rings (SSSR count). The van der Waals surface area contributed by atoms with E-state index in [1.54, 1.807) is 0 Å². The molecule has 1 amide bonds. The third-order valence-corrected chi connectivity index (χ3v) is 12.0. The zero-order chi connectivity index (χ0) is 40.9. The number of aliphatic hydroxyl groups is 7.